The Morgan fingerprint density at radius 3 is 2.68 bits per heavy atom. The number of hydrogen-bond donors (Lipinski definition) is 0. The minimum Gasteiger partial charge on any atom is -0.378 e. The predicted octanol–water partition coefficient (Wildman–Crippen LogP) is 4.34. The summed E-state index contributed by atoms with van der Waals surface area (Å²) < 4.78 is 5.45. The van der Waals surface area contributed by atoms with E-state index in [1.807, 2.05) is 16.3 Å². The third-order valence-electron chi connectivity index (χ3n) is 5.81. The second-order valence-corrected chi connectivity index (χ2v) is 9.50. The Morgan fingerprint density at radius 1 is 1.10 bits per heavy atom. The average Bonchev–Trinajstić information content (AvgIpc) is 3.50. The third kappa shape index (κ3) is 3.73. The molecule has 5 rings (SSSR count). The van der Waals surface area contributed by atoms with Crippen LogP contribution in [0.25, 0.3) is 0 Å². The fraction of sp³-hybridized carbons (Fsp3) is 0.318. The molecule has 3 aromatic rings. The van der Waals surface area contributed by atoms with Gasteiger partial charge in [-0.3, -0.25) is 14.9 Å². The van der Waals surface area contributed by atoms with Crippen molar-refractivity contribution >= 4 is 40.0 Å². The van der Waals surface area contributed by atoms with Gasteiger partial charge < -0.3 is 14.5 Å². The highest BCUT2D eigenvalue weighted by molar-refractivity contribution is 7.10. The molecule has 7 nitrogen and oxygen atoms in total. The molecule has 0 saturated carbocycles. The number of ether oxygens (including phenoxy) is 1. The van der Waals surface area contributed by atoms with Crippen LogP contribution in [0.4, 0.5) is 11.4 Å². The maximum Gasteiger partial charge on any atom is 0.270 e. The molecule has 0 spiro atoms. The van der Waals surface area contributed by atoms with Gasteiger partial charge in [-0.15, -0.1) is 22.7 Å². The van der Waals surface area contributed by atoms with E-state index in [1.54, 1.807) is 28.7 Å². The molecule has 1 aromatic carbocycles. The van der Waals surface area contributed by atoms with Crippen molar-refractivity contribution in [1.82, 2.24) is 4.90 Å². The minimum absolute atomic E-state index is 0.0683. The topological polar surface area (TPSA) is 75.9 Å². The number of non-ortho nitro benzene ring substituents is 1. The van der Waals surface area contributed by atoms with Crippen molar-refractivity contribution in [3.63, 3.8) is 0 Å². The van der Waals surface area contributed by atoms with E-state index in [9.17, 15) is 14.9 Å². The van der Waals surface area contributed by atoms with Crippen molar-refractivity contribution in [1.29, 1.82) is 0 Å². The molecule has 9 heteroatoms. The van der Waals surface area contributed by atoms with Crippen LogP contribution in [0.2, 0.25) is 0 Å². The molecule has 2 aliphatic rings. The molecule has 1 atom stereocenters. The normalized spacial score (nSPS) is 18.6. The summed E-state index contributed by atoms with van der Waals surface area (Å²) in [5.74, 6) is -0.166. The lowest BCUT2D eigenvalue weighted by Crippen LogP contribution is -2.42. The lowest BCUT2D eigenvalue weighted by Gasteiger charge is -2.37. The van der Waals surface area contributed by atoms with Crippen LogP contribution < -0.4 is 4.90 Å². The fourth-order valence-corrected chi connectivity index (χ4v) is 6.09. The van der Waals surface area contributed by atoms with E-state index in [0.29, 0.717) is 38.4 Å². The molecule has 1 amide bonds. The van der Waals surface area contributed by atoms with Crippen molar-refractivity contribution in [3.05, 3.63) is 78.2 Å². The summed E-state index contributed by atoms with van der Waals surface area (Å²) in [6.45, 7) is 3.04. The highest BCUT2D eigenvalue weighted by Gasteiger charge is 2.35. The standard InChI is InChI=1S/C22H21N3O4S2/c26-22(17-14-15(25(27)28)3-4-18(17)23-8-10-29-11-9-23)24-7-5-19-16(6-13-31-19)21(24)20-2-1-12-30-20/h1-4,6,12-14,21H,5,7-11H2. The Labute approximate surface area is 187 Å². The molecule has 2 aliphatic heterocycles. The summed E-state index contributed by atoms with van der Waals surface area (Å²) in [6, 6.07) is 10.6. The molecule has 2 aromatic heterocycles. The molecule has 0 bridgehead atoms. The number of fused-ring (bicyclic) bond motifs is 1. The van der Waals surface area contributed by atoms with Crippen molar-refractivity contribution in [2.45, 2.75) is 12.5 Å². The second-order valence-electron chi connectivity index (χ2n) is 7.52. The quantitative estimate of drug-likeness (QED) is 0.432. The zero-order valence-electron chi connectivity index (χ0n) is 16.7. The first-order valence-electron chi connectivity index (χ1n) is 10.2. The van der Waals surface area contributed by atoms with Gasteiger partial charge in [-0.25, -0.2) is 0 Å². The number of amides is 1. The van der Waals surface area contributed by atoms with E-state index in [-0.39, 0.29) is 17.6 Å². The number of nitro benzene ring substituents is 1. The van der Waals surface area contributed by atoms with Gasteiger partial charge >= 0.3 is 0 Å². The van der Waals surface area contributed by atoms with Crippen LogP contribution in [0.1, 0.15) is 31.7 Å². The smallest absolute Gasteiger partial charge is 0.270 e. The maximum atomic E-state index is 13.9. The predicted molar refractivity (Wildman–Crippen MR) is 121 cm³/mol. The summed E-state index contributed by atoms with van der Waals surface area (Å²) in [5.41, 5.74) is 2.21. The summed E-state index contributed by atoms with van der Waals surface area (Å²) in [4.78, 5) is 31.3. The fourth-order valence-electron chi connectivity index (χ4n) is 4.33. The van der Waals surface area contributed by atoms with Gasteiger partial charge in [0.1, 0.15) is 0 Å². The molecule has 0 aliphatic carbocycles. The maximum absolute atomic E-state index is 13.9. The first-order valence-corrected chi connectivity index (χ1v) is 11.9. The monoisotopic (exact) mass is 455 g/mol. The van der Waals surface area contributed by atoms with E-state index in [1.165, 1.54) is 17.0 Å². The van der Waals surface area contributed by atoms with Crippen LogP contribution in [0.15, 0.2) is 47.2 Å². The van der Waals surface area contributed by atoms with Gasteiger partial charge in [-0.05, 0) is 40.9 Å². The highest BCUT2D eigenvalue weighted by Crippen LogP contribution is 2.41. The SMILES string of the molecule is O=C(c1cc([N+](=O)[O-])ccc1N1CCOCC1)N1CCc2sccc2C1c1cccs1. The van der Waals surface area contributed by atoms with Crippen molar-refractivity contribution in [2.75, 3.05) is 37.7 Å². The number of benzene rings is 1. The first-order chi connectivity index (χ1) is 15.1. The number of anilines is 1. The van der Waals surface area contributed by atoms with Gasteiger partial charge in [0.05, 0.1) is 35.4 Å². The Kier molecular flexibility index (Phi) is 5.47. The van der Waals surface area contributed by atoms with Crippen LogP contribution in [0.3, 0.4) is 0 Å². The molecule has 0 radical (unpaired) electrons. The lowest BCUT2D eigenvalue weighted by atomic mass is 9.97. The summed E-state index contributed by atoms with van der Waals surface area (Å²) in [5, 5.41) is 15.6. The number of hydrogen-bond acceptors (Lipinski definition) is 7. The van der Waals surface area contributed by atoms with Crippen LogP contribution in [-0.4, -0.2) is 48.6 Å². The van der Waals surface area contributed by atoms with Crippen LogP contribution in [0.5, 0.6) is 0 Å². The molecule has 4 heterocycles. The third-order valence-corrected chi connectivity index (χ3v) is 7.73. The van der Waals surface area contributed by atoms with Gasteiger partial charge in [0.15, 0.2) is 0 Å². The van der Waals surface area contributed by atoms with Gasteiger partial charge in [-0.1, -0.05) is 6.07 Å². The minimum atomic E-state index is -0.441. The summed E-state index contributed by atoms with van der Waals surface area (Å²) >= 11 is 3.35. The first kappa shape index (κ1) is 20.2. The van der Waals surface area contributed by atoms with Crippen LogP contribution in [0, 0.1) is 10.1 Å². The Hall–Kier alpha value is -2.75. The zero-order chi connectivity index (χ0) is 21.4. The Morgan fingerprint density at radius 2 is 1.94 bits per heavy atom. The molecule has 31 heavy (non-hydrogen) atoms. The van der Waals surface area contributed by atoms with Crippen LogP contribution in [-0.2, 0) is 11.2 Å². The second kappa shape index (κ2) is 8.41. The highest BCUT2D eigenvalue weighted by atomic mass is 32.1. The number of thiophene rings is 2. The number of rotatable bonds is 4. The van der Waals surface area contributed by atoms with Gasteiger partial charge in [-0.2, -0.15) is 0 Å². The zero-order valence-corrected chi connectivity index (χ0v) is 18.4. The number of morpholine rings is 1. The molecule has 1 saturated heterocycles. The number of carbonyl (C=O) groups is 1. The molecule has 0 N–H and O–H groups in total. The van der Waals surface area contributed by atoms with Crippen LogP contribution >= 0.6 is 22.7 Å². The molecular weight excluding hydrogens is 434 g/mol. The number of nitro groups is 1. The van der Waals surface area contributed by atoms with Crippen molar-refractivity contribution in [3.8, 4) is 0 Å². The molecule has 1 unspecified atom stereocenters. The lowest BCUT2D eigenvalue weighted by molar-refractivity contribution is -0.384. The summed E-state index contributed by atoms with van der Waals surface area (Å²) in [6.07, 6.45) is 0.794. The molecule has 1 fully saturated rings. The average molecular weight is 456 g/mol. The summed E-state index contributed by atoms with van der Waals surface area (Å²) in [7, 11) is 0. The van der Waals surface area contributed by atoms with E-state index in [2.05, 4.69) is 22.4 Å². The number of carbonyl (C=O) groups excluding carboxylic acids is 1. The van der Waals surface area contributed by atoms with E-state index in [0.717, 1.165) is 22.5 Å². The molecular formula is C22H21N3O4S2. The van der Waals surface area contributed by atoms with E-state index in [4.69, 9.17) is 4.74 Å². The Bertz CT molecular complexity index is 1110. The number of nitrogens with zero attached hydrogens (tertiary/aromatic N) is 3. The van der Waals surface area contributed by atoms with Crippen molar-refractivity contribution < 1.29 is 14.5 Å². The van der Waals surface area contributed by atoms with E-state index < -0.39 is 4.92 Å². The van der Waals surface area contributed by atoms with Gasteiger partial charge in [0.25, 0.3) is 11.6 Å². The van der Waals surface area contributed by atoms with Gasteiger partial charge in [0, 0.05) is 41.5 Å². The van der Waals surface area contributed by atoms with Crippen molar-refractivity contribution in [2.24, 2.45) is 0 Å². The Balaban J connectivity index is 1.58. The van der Waals surface area contributed by atoms with E-state index >= 15 is 0 Å². The largest absolute Gasteiger partial charge is 0.378 e. The molecule has 160 valence electrons. The van der Waals surface area contributed by atoms with Gasteiger partial charge in [0.2, 0.25) is 0 Å².